The molecule has 2 aromatic rings. The van der Waals surface area contributed by atoms with Gasteiger partial charge < -0.3 is 5.32 Å². The van der Waals surface area contributed by atoms with Crippen LogP contribution in [0, 0.1) is 0 Å². The molecule has 0 aliphatic carbocycles. The van der Waals surface area contributed by atoms with Gasteiger partial charge in [0, 0.05) is 12.1 Å². The number of benzene rings is 2. The molecule has 0 spiro atoms. The average Bonchev–Trinajstić information content (AvgIpc) is 2.93. The molecule has 1 aliphatic rings. The molecule has 1 aliphatic heterocycles. The molecule has 0 radical (unpaired) electrons. The highest BCUT2D eigenvalue weighted by molar-refractivity contribution is 5.64. The predicted octanol–water partition coefficient (Wildman–Crippen LogP) is 5.19. The van der Waals surface area contributed by atoms with Crippen molar-refractivity contribution in [2.75, 3.05) is 0 Å². The molecule has 0 amide bonds. The summed E-state index contributed by atoms with van der Waals surface area (Å²) >= 11 is 0. The maximum atomic E-state index is 12.6. The van der Waals surface area contributed by atoms with E-state index in [4.69, 9.17) is 0 Å². The molecule has 2 atom stereocenters. The van der Waals surface area contributed by atoms with E-state index in [1.165, 1.54) is 17.7 Å². The highest BCUT2D eigenvalue weighted by atomic mass is 19.4. The zero-order valence-electron chi connectivity index (χ0n) is 12.3. The third kappa shape index (κ3) is 3.17. The lowest BCUT2D eigenvalue weighted by Gasteiger charge is -2.14. The van der Waals surface area contributed by atoms with Crippen molar-refractivity contribution in [3.63, 3.8) is 0 Å². The highest BCUT2D eigenvalue weighted by Crippen LogP contribution is 2.32. The normalized spacial score (nSPS) is 22.0. The van der Waals surface area contributed by atoms with Gasteiger partial charge in [-0.25, -0.2) is 0 Å². The van der Waals surface area contributed by atoms with Crippen molar-refractivity contribution in [2.24, 2.45) is 0 Å². The quantitative estimate of drug-likeness (QED) is 0.805. The van der Waals surface area contributed by atoms with Gasteiger partial charge in [-0.1, -0.05) is 30.3 Å². The SMILES string of the molecule is CC1CCC(c2cccc(-c3ccc(C(F)(F)F)cc3)c2)N1. The Bertz CT molecular complexity index is 646. The molecule has 2 aromatic carbocycles. The first-order valence-electron chi connectivity index (χ1n) is 7.47. The fraction of sp³-hybridized carbons (Fsp3) is 0.333. The zero-order chi connectivity index (χ0) is 15.7. The first-order valence-corrected chi connectivity index (χ1v) is 7.47. The summed E-state index contributed by atoms with van der Waals surface area (Å²) in [5, 5.41) is 3.53. The van der Waals surface area contributed by atoms with E-state index in [1.54, 1.807) is 0 Å². The minimum Gasteiger partial charge on any atom is -0.307 e. The maximum Gasteiger partial charge on any atom is 0.416 e. The Morgan fingerprint density at radius 2 is 1.68 bits per heavy atom. The molecule has 1 fully saturated rings. The molecular formula is C18H18F3N. The first kappa shape index (κ1) is 15.1. The van der Waals surface area contributed by atoms with E-state index in [0.717, 1.165) is 36.1 Å². The second-order valence-corrected chi connectivity index (χ2v) is 5.90. The van der Waals surface area contributed by atoms with Crippen LogP contribution in [0.15, 0.2) is 48.5 Å². The number of nitrogens with one attached hydrogen (secondary N) is 1. The van der Waals surface area contributed by atoms with Gasteiger partial charge in [-0.05, 0) is 54.7 Å². The van der Waals surface area contributed by atoms with E-state index in [1.807, 2.05) is 12.1 Å². The molecule has 3 rings (SSSR count). The van der Waals surface area contributed by atoms with Gasteiger partial charge in [-0.2, -0.15) is 13.2 Å². The number of halogens is 3. The van der Waals surface area contributed by atoms with Gasteiger partial charge in [0.05, 0.1) is 5.56 Å². The van der Waals surface area contributed by atoms with E-state index in [-0.39, 0.29) is 0 Å². The summed E-state index contributed by atoms with van der Waals surface area (Å²) in [6, 6.07) is 14.2. The van der Waals surface area contributed by atoms with Crippen molar-refractivity contribution < 1.29 is 13.2 Å². The number of hydrogen-bond donors (Lipinski definition) is 1. The van der Waals surface area contributed by atoms with Gasteiger partial charge in [0.2, 0.25) is 0 Å². The van der Waals surface area contributed by atoms with Crippen LogP contribution in [0.2, 0.25) is 0 Å². The standard InChI is InChI=1S/C18H18F3N/c1-12-5-10-17(22-12)15-4-2-3-14(11-15)13-6-8-16(9-7-13)18(19,20)21/h2-4,6-9,11-12,17,22H,5,10H2,1H3. The Hall–Kier alpha value is -1.81. The fourth-order valence-corrected chi connectivity index (χ4v) is 2.98. The summed E-state index contributed by atoms with van der Waals surface area (Å²) < 4.78 is 37.9. The van der Waals surface area contributed by atoms with Crippen molar-refractivity contribution in [3.8, 4) is 11.1 Å². The minimum absolute atomic E-state index is 0.337. The van der Waals surface area contributed by atoms with E-state index in [2.05, 4.69) is 24.4 Å². The molecule has 116 valence electrons. The summed E-state index contributed by atoms with van der Waals surface area (Å²) in [6.45, 7) is 2.17. The summed E-state index contributed by atoms with van der Waals surface area (Å²) in [6.07, 6.45) is -2.04. The smallest absolute Gasteiger partial charge is 0.307 e. The van der Waals surface area contributed by atoms with Crippen LogP contribution in [-0.4, -0.2) is 6.04 Å². The molecular weight excluding hydrogens is 287 g/mol. The summed E-state index contributed by atoms with van der Waals surface area (Å²) in [5.41, 5.74) is 2.34. The van der Waals surface area contributed by atoms with Crippen molar-refractivity contribution in [3.05, 3.63) is 59.7 Å². The van der Waals surface area contributed by atoms with Crippen LogP contribution in [0.1, 0.15) is 36.9 Å². The number of alkyl halides is 3. The fourth-order valence-electron chi connectivity index (χ4n) is 2.98. The molecule has 2 unspecified atom stereocenters. The van der Waals surface area contributed by atoms with Crippen molar-refractivity contribution in [2.45, 2.75) is 38.0 Å². The van der Waals surface area contributed by atoms with Gasteiger partial charge >= 0.3 is 6.18 Å². The Balaban J connectivity index is 1.86. The molecule has 1 heterocycles. The Kier molecular flexibility index (Phi) is 3.96. The van der Waals surface area contributed by atoms with Crippen LogP contribution < -0.4 is 5.32 Å². The largest absolute Gasteiger partial charge is 0.416 e. The third-order valence-corrected chi connectivity index (χ3v) is 4.21. The Morgan fingerprint density at radius 3 is 2.27 bits per heavy atom. The second-order valence-electron chi connectivity index (χ2n) is 5.90. The summed E-state index contributed by atoms with van der Waals surface area (Å²) in [7, 11) is 0. The summed E-state index contributed by atoms with van der Waals surface area (Å²) in [4.78, 5) is 0. The van der Waals surface area contributed by atoms with E-state index in [0.29, 0.717) is 12.1 Å². The molecule has 4 heteroatoms. The van der Waals surface area contributed by atoms with Crippen LogP contribution in [0.25, 0.3) is 11.1 Å². The molecule has 0 saturated carbocycles. The lowest BCUT2D eigenvalue weighted by atomic mass is 9.98. The summed E-state index contributed by atoms with van der Waals surface area (Å²) in [5.74, 6) is 0. The number of hydrogen-bond acceptors (Lipinski definition) is 1. The van der Waals surface area contributed by atoms with E-state index in [9.17, 15) is 13.2 Å². The van der Waals surface area contributed by atoms with Crippen LogP contribution in [0.5, 0.6) is 0 Å². The molecule has 0 bridgehead atoms. The van der Waals surface area contributed by atoms with Crippen LogP contribution >= 0.6 is 0 Å². The van der Waals surface area contributed by atoms with Gasteiger partial charge in [-0.3, -0.25) is 0 Å². The lowest BCUT2D eigenvalue weighted by molar-refractivity contribution is -0.137. The molecule has 0 aromatic heterocycles. The maximum absolute atomic E-state index is 12.6. The molecule has 22 heavy (non-hydrogen) atoms. The van der Waals surface area contributed by atoms with Crippen LogP contribution in [0.4, 0.5) is 13.2 Å². The number of rotatable bonds is 2. The van der Waals surface area contributed by atoms with Gasteiger partial charge in [0.1, 0.15) is 0 Å². The second kappa shape index (κ2) is 5.76. The van der Waals surface area contributed by atoms with Crippen molar-refractivity contribution in [1.29, 1.82) is 0 Å². The van der Waals surface area contributed by atoms with Gasteiger partial charge in [0.25, 0.3) is 0 Å². The Labute approximate surface area is 128 Å². The van der Waals surface area contributed by atoms with Gasteiger partial charge in [0.15, 0.2) is 0 Å². The third-order valence-electron chi connectivity index (χ3n) is 4.21. The highest BCUT2D eigenvalue weighted by Gasteiger charge is 2.30. The first-order chi connectivity index (χ1) is 10.4. The van der Waals surface area contributed by atoms with Crippen molar-refractivity contribution >= 4 is 0 Å². The minimum atomic E-state index is -4.29. The van der Waals surface area contributed by atoms with Crippen LogP contribution in [-0.2, 0) is 6.18 Å². The molecule has 1 saturated heterocycles. The topological polar surface area (TPSA) is 12.0 Å². The van der Waals surface area contributed by atoms with Crippen molar-refractivity contribution in [1.82, 2.24) is 5.32 Å². The molecule has 1 N–H and O–H groups in total. The van der Waals surface area contributed by atoms with Gasteiger partial charge in [-0.15, -0.1) is 0 Å². The lowest BCUT2D eigenvalue weighted by Crippen LogP contribution is -2.20. The predicted molar refractivity (Wildman–Crippen MR) is 81.5 cm³/mol. The average molecular weight is 305 g/mol. The Morgan fingerprint density at radius 1 is 0.955 bits per heavy atom. The van der Waals surface area contributed by atoms with E-state index < -0.39 is 11.7 Å². The molecule has 1 nitrogen and oxygen atoms in total. The van der Waals surface area contributed by atoms with Crippen LogP contribution in [0.3, 0.4) is 0 Å². The van der Waals surface area contributed by atoms with E-state index >= 15 is 0 Å². The monoisotopic (exact) mass is 305 g/mol. The zero-order valence-corrected chi connectivity index (χ0v) is 12.3.